The molecule has 0 atom stereocenters. The van der Waals surface area contributed by atoms with Crippen molar-refractivity contribution in [2.45, 2.75) is 24.5 Å². The summed E-state index contributed by atoms with van der Waals surface area (Å²) in [6.45, 7) is 1.48. The second-order valence-electron chi connectivity index (χ2n) is 7.80. The molecule has 1 aromatic heterocycles. The van der Waals surface area contributed by atoms with Crippen LogP contribution >= 0.6 is 0 Å². The fourth-order valence-electron chi connectivity index (χ4n) is 3.39. The van der Waals surface area contributed by atoms with E-state index in [-0.39, 0.29) is 33.9 Å². The average Bonchev–Trinajstić information content (AvgIpc) is 2.81. The number of rotatable bonds is 7. The van der Waals surface area contributed by atoms with Gasteiger partial charge in [0.25, 0.3) is 11.5 Å². The summed E-state index contributed by atoms with van der Waals surface area (Å²) < 4.78 is 64.0. The molecule has 0 aliphatic heterocycles. The van der Waals surface area contributed by atoms with Gasteiger partial charge in [0.1, 0.15) is 12.7 Å². The van der Waals surface area contributed by atoms with Crippen molar-refractivity contribution in [1.82, 2.24) is 9.88 Å². The van der Waals surface area contributed by atoms with E-state index in [2.05, 4.69) is 15.3 Å². The summed E-state index contributed by atoms with van der Waals surface area (Å²) in [7, 11) is -2.09. The number of oxime groups is 1. The topological polar surface area (TPSA) is 107 Å². The molecule has 36 heavy (non-hydrogen) atoms. The van der Waals surface area contributed by atoms with Gasteiger partial charge >= 0.3 is 6.18 Å². The van der Waals surface area contributed by atoms with E-state index in [1.807, 2.05) is 0 Å². The minimum Gasteiger partial charge on any atom is -0.399 e. The predicted molar refractivity (Wildman–Crippen MR) is 127 cm³/mol. The van der Waals surface area contributed by atoms with Gasteiger partial charge in [0, 0.05) is 29.7 Å². The standard InChI is InChI=1S/C24H22F3N3O5S/c1-15-17(14-29-35-2)11-21(22(31)28-13-16-7-9-20(10-8-16)36(3,33)34)23(32)30(15)19-6-4-5-18(12-19)24(25,26)27/h4-12,14H,13H2,1-3H3,(H,28,31). The Morgan fingerprint density at radius 1 is 1.14 bits per heavy atom. The molecule has 0 aliphatic rings. The molecule has 3 aromatic rings. The molecule has 190 valence electrons. The Balaban J connectivity index is 2.02. The number of nitrogens with zero attached hydrogens (tertiary/aromatic N) is 2. The minimum absolute atomic E-state index is 0.0265. The molecule has 0 unspecified atom stereocenters. The zero-order chi connectivity index (χ0) is 26.7. The van der Waals surface area contributed by atoms with E-state index in [0.717, 1.165) is 23.0 Å². The van der Waals surface area contributed by atoms with Gasteiger partial charge in [-0.1, -0.05) is 23.4 Å². The van der Waals surface area contributed by atoms with Gasteiger partial charge in [0.15, 0.2) is 9.84 Å². The van der Waals surface area contributed by atoms with Crippen molar-refractivity contribution in [1.29, 1.82) is 0 Å². The summed E-state index contributed by atoms with van der Waals surface area (Å²) in [5, 5.41) is 6.22. The Hall–Kier alpha value is -3.93. The van der Waals surface area contributed by atoms with E-state index in [9.17, 15) is 31.2 Å². The molecule has 0 radical (unpaired) electrons. The van der Waals surface area contributed by atoms with E-state index in [4.69, 9.17) is 0 Å². The predicted octanol–water partition coefficient (Wildman–Crippen LogP) is 3.48. The van der Waals surface area contributed by atoms with Crippen molar-refractivity contribution in [2.75, 3.05) is 13.4 Å². The third-order valence-electron chi connectivity index (χ3n) is 5.26. The van der Waals surface area contributed by atoms with Crippen molar-refractivity contribution < 1.29 is 31.2 Å². The third kappa shape index (κ3) is 6.00. The summed E-state index contributed by atoms with van der Waals surface area (Å²) in [4.78, 5) is 31.0. The van der Waals surface area contributed by atoms with Crippen LogP contribution in [0.2, 0.25) is 0 Å². The summed E-state index contributed by atoms with van der Waals surface area (Å²) in [6.07, 6.45) is -2.32. The zero-order valence-corrected chi connectivity index (χ0v) is 20.3. The molecule has 1 heterocycles. The van der Waals surface area contributed by atoms with Crippen LogP contribution in [0.3, 0.4) is 0 Å². The number of alkyl halides is 3. The van der Waals surface area contributed by atoms with Crippen molar-refractivity contribution >= 4 is 22.0 Å². The molecular weight excluding hydrogens is 499 g/mol. The van der Waals surface area contributed by atoms with Gasteiger partial charge in [-0.05, 0) is 48.9 Å². The highest BCUT2D eigenvalue weighted by atomic mass is 32.2. The number of aromatic nitrogens is 1. The van der Waals surface area contributed by atoms with Crippen LogP contribution < -0.4 is 10.9 Å². The van der Waals surface area contributed by atoms with E-state index in [1.54, 1.807) is 0 Å². The number of hydrogen-bond acceptors (Lipinski definition) is 6. The van der Waals surface area contributed by atoms with Crippen LogP contribution in [-0.2, 0) is 27.4 Å². The maximum atomic E-state index is 13.3. The van der Waals surface area contributed by atoms with Gasteiger partial charge in [0.2, 0.25) is 0 Å². The quantitative estimate of drug-likeness (QED) is 0.379. The first-order valence-corrected chi connectivity index (χ1v) is 12.3. The molecule has 0 saturated carbocycles. The first-order valence-electron chi connectivity index (χ1n) is 10.4. The average molecular weight is 522 g/mol. The lowest BCUT2D eigenvalue weighted by molar-refractivity contribution is -0.137. The Morgan fingerprint density at radius 3 is 2.39 bits per heavy atom. The second-order valence-corrected chi connectivity index (χ2v) is 9.82. The van der Waals surface area contributed by atoms with Gasteiger partial charge in [-0.15, -0.1) is 0 Å². The molecule has 8 nitrogen and oxygen atoms in total. The molecule has 0 saturated heterocycles. The SMILES string of the molecule is CON=Cc1cc(C(=O)NCc2ccc(S(C)(=O)=O)cc2)c(=O)n(-c2cccc(C(F)(F)F)c2)c1C. The van der Waals surface area contributed by atoms with Crippen molar-refractivity contribution in [3.8, 4) is 5.69 Å². The first-order chi connectivity index (χ1) is 16.8. The lowest BCUT2D eigenvalue weighted by atomic mass is 10.1. The van der Waals surface area contributed by atoms with Crippen LogP contribution in [0.15, 0.2) is 69.4 Å². The van der Waals surface area contributed by atoms with Gasteiger partial charge < -0.3 is 10.2 Å². The molecular formula is C24H22F3N3O5S. The van der Waals surface area contributed by atoms with Crippen molar-refractivity contribution in [3.63, 3.8) is 0 Å². The molecule has 0 fully saturated rings. The maximum Gasteiger partial charge on any atom is 0.416 e. The number of amides is 1. The van der Waals surface area contributed by atoms with Gasteiger partial charge in [0.05, 0.1) is 16.7 Å². The summed E-state index contributed by atoms with van der Waals surface area (Å²) in [5.74, 6) is -0.778. The Labute approximate surface area is 204 Å². The lowest BCUT2D eigenvalue weighted by Crippen LogP contribution is -2.34. The fraction of sp³-hybridized carbons (Fsp3) is 0.208. The number of pyridine rings is 1. The van der Waals surface area contributed by atoms with Crippen LogP contribution in [0.25, 0.3) is 5.69 Å². The molecule has 0 aliphatic carbocycles. The van der Waals surface area contributed by atoms with E-state index < -0.39 is 33.0 Å². The smallest absolute Gasteiger partial charge is 0.399 e. The second kappa shape index (κ2) is 10.4. The lowest BCUT2D eigenvalue weighted by Gasteiger charge is -2.16. The summed E-state index contributed by atoms with van der Waals surface area (Å²) >= 11 is 0. The Kier molecular flexibility index (Phi) is 7.68. The zero-order valence-electron chi connectivity index (χ0n) is 19.5. The first kappa shape index (κ1) is 26.7. The van der Waals surface area contributed by atoms with E-state index >= 15 is 0 Å². The van der Waals surface area contributed by atoms with Crippen molar-refractivity contribution in [3.05, 3.63) is 92.9 Å². The van der Waals surface area contributed by atoms with Crippen LogP contribution in [0.5, 0.6) is 0 Å². The highest BCUT2D eigenvalue weighted by Gasteiger charge is 2.31. The Morgan fingerprint density at radius 2 is 1.81 bits per heavy atom. The largest absolute Gasteiger partial charge is 0.416 e. The van der Waals surface area contributed by atoms with Crippen LogP contribution in [-0.4, -0.2) is 38.5 Å². The molecule has 0 bridgehead atoms. The summed E-state index contributed by atoms with van der Waals surface area (Å²) in [6, 6.07) is 11.3. The maximum absolute atomic E-state index is 13.3. The monoisotopic (exact) mass is 521 g/mol. The molecule has 12 heteroatoms. The van der Waals surface area contributed by atoms with Crippen molar-refractivity contribution in [2.24, 2.45) is 5.16 Å². The summed E-state index contributed by atoms with van der Waals surface area (Å²) in [5.41, 5.74) is -1.10. The number of sulfone groups is 1. The molecule has 0 spiro atoms. The highest BCUT2D eigenvalue weighted by molar-refractivity contribution is 7.90. The normalized spacial score (nSPS) is 12.1. The van der Waals surface area contributed by atoms with Crippen LogP contribution in [0.1, 0.15) is 32.7 Å². The number of hydrogen-bond donors (Lipinski definition) is 1. The fourth-order valence-corrected chi connectivity index (χ4v) is 4.02. The molecule has 1 amide bonds. The van der Waals surface area contributed by atoms with Gasteiger partial charge in [-0.3, -0.25) is 14.2 Å². The van der Waals surface area contributed by atoms with Gasteiger partial charge in [-0.25, -0.2) is 8.42 Å². The highest BCUT2D eigenvalue weighted by Crippen LogP contribution is 2.30. The number of nitrogens with one attached hydrogen (secondary N) is 1. The van der Waals surface area contributed by atoms with E-state index in [1.165, 1.54) is 62.7 Å². The Bertz CT molecular complexity index is 1480. The number of carbonyl (C=O) groups excluding carboxylic acids is 1. The molecule has 2 aromatic carbocycles. The number of halogens is 3. The number of benzene rings is 2. The van der Waals surface area contributed by atoms with Crippen LogP contribution in [0.4, 0.5) is 13.2 Å². The third-order valence-corrected chi connectivity index (χ3v) is 6.39. The number of carbonyl (C=O) groups is 1. The molecule has 1 N–H and O–H groups in total. The van der Waals surface area contributed by atoms with E-state index in [0.29, 0.717) is 5.56 Å². The minimum atomic E-state index is -4.63. The van der Waals surface area contributed by atoms with Crippen LogP contribution in [0, 0.1) is 6.92 Å². The molecule has 3 rings (SSSR count). The van der Waals surface area contributed by atoms with Gasteiger partial charge in [-0.2, -0.15) is 13.2 Å².